The molecule has 2 N–H and O–H groups in total. The Morgan fingerprint density at radius 2 is 1.95 bits per heavy atom. The van der Waals surface area contributed by atoms with Gasteiger partial charge in [-0.3, -0.25) is 0 Å². The van der Waals surface area contributed by atoms with Crippen molar-refractivity contribution in [3.63, 3.8) is 0 Å². The number of oxazole rings is 1. The molecule has 3 rings (SSSR count). The van der Waals surface area contributed by atoms with Crippen LogP contribution in [0.4, 0.5) is 0 Å². The van der Waals surface area contributed by atoms with E-state index in [0.717, 1.165) is 22.2 Å². The zero-order chi connectivity index (χ0) is 13.8. The standard InChI is InChI=1S/C16H16N2O2/c19-9-8-17-11-12-6-7-14-15(10-12)20-16(18-14)13-4-2-1-3-5-13/h1-7,10,17,19H,8-9,11H2. The van der Waals surface area contributed by atoms with Gasteiger partial charge in [0, 0.05) is 18.7 Å². The highest BCUT2D eigenvalue weighted by Gasteiger charge is 2.08. The van der Waals surface area contributed by atoms with E-state index in [-0.39, 0.29) is 6.61 Å². The van der Waals surface area contributed by atoms with Crippen LogP contribution in [0.2, 0.25) is 0 Å². The number of aliphatic hydroxyl groups excluding tert-OH is 1. The van der Waals surface area contributed by atoms with Gasteiger partial charge in [0.1, 0.15) is 5.52 Å². The summed E-state index contributed by atoms with van der Waals surface area (Å²) in [5, 5.41) is 11.9. The summed E-state index contributed by atoms with van der Waals surface area (Å²) in [6, 6.07) is 15.8. The van der Waals surface area contributed by atoms with Crippen LogP contribution >= 0.6 is 0 Å². The van der Waals surface area contributed by atoms with Crippen molar-refractivity contribution in [1.29, 1.82) is 0 Å². The largest absolute Gasteiger partial charge is 0.436 e. The van der Waals surface area contributed by atoms with E-state index in [2.05, 4.69) is 10.3 Å². The first-order valence-electron chi connectivity index (χ1n) is 6.63. The Balaban J connectivity index is 1.88. The third-order valence-corrected chi connectivity index (χ3v) is 3.09. The maximum atomic E-state index is 8.75. The number of nitrogens with zero attached hydrogens (tertiary/aromatic N) is 1. The number of hydrogen-bond acceptors (Lipinski definition) is 4. The lowest BCUT2D eigenvalue weighted by atomic mass is 10.2. The summed E-state index contributed by atoms with van der Waals surface area (Å²) in [7, 11) is 0. The van der Waals surface area contributed by atoms with Gasteiger partial charge in [-0.2, -0.15) is 0 Å². The first kappa shape index (κ1) is 12.8. The fourth-order valence-corrected chi connectivity index (χ4v) is 2.09. The Morgan fingerprint density at radius 1 is 1.10 bits per heavy atom. The van der Waals surface area contributed by atoms with Crippen LogP contribution in [0.5, 0.6) is 0 Å². The Bertz CT molecular complexity index is 692. The predicted molar refractivity (Wildman–Crippen MR) is 78.2 cm³/mol. The zero-order valence-electron chi connectivity index (χ0n) is 11.0. The van der Waals surface area contributed by atoms with Gasteiger partial charge in [-0.25, -0.2) is 4.98 Å². The second-order valence-corrected chi connectivity index (χ2v) is 4.59. The highest BCUT2D eigenvalue weighted by Crippen LogP contribution is 2.24. The lowest BCUT2D eigenvalue weighted by molar-refractivity contribution is 0.292. The Labute approximate surface area is 117 Å². The monoisotopic (exact) mass is 268 g/mol. The third-order valence-electron chi connectivity index (χ3n) is 3.09. The van der Waals surface area contributed by atoms with E-state index in [1.54, 1.807) is 0 Å². The molecule has 0 unspecified atom stereocenters. The van der Waals surface area contributed by atoms with Crippen molar-refractivity contribution in [3.05, 3.63) is 54.1 Å². The molecule has 0 atom stereocenters. The fraction of sp³-hybridized carbons (Fsp3) is 0.188. The Hall–Kier alpha value is -2.17. The zero-order valence-corrected chi connectivity index (χ0v) is 11.0. The van der Waals surface area contributed by atoms with Crippen LogP contribution in [0.15, 0.2) is 52.9 Å². The van der Waals surface area contributed by atoms with E-state index in [4.69, 9.17) is 9.52 Å². The molecular weight excluding hydrogens is 252 g/mol. The van der Waals surface area contributed by atoms with Crippen LogP contribution in [0.1, 0.15) is 5.56 Å². The van der Waals surface area contributed by atoms with Gasteiger partial charge in [-0.1, -0.05) is 24.3 Å². The number of rotatable bonds is 5. The van der Waals surface area contributed by atoms with Crippen molar-refractivity contribution in [2.45, 2.75) is 6.54 Å². The van der Waals surface area contributed by atoms with E-state index in [9.17, 15) is 0 Å². The van der Waals surface area contributed by atoms with E-state index < -0.39 is 0 Å². The molecule has 0 fully saturated rings. The molecule has 0 radical (unpaired) electrons. The molecule has 0 bridgehead atoms. The summed E-state index contributed by atoms with van der Waals surface area (Å²) < 4.78 is 5.81. The smallest absolute Gasteiger partial charge is 0.227 e. The molecule has 3 aromatic rings. The van der Waals surface area contributed by atoms with E-state index >= 15 is 0 Å². The SMILES string of the molecule is OCCNCc1ccc2nc(-c3ccccc3)oc2c1. The highest BCUT2D eigenvalue weighted by atomic mass is 16.3. The maximum Gasteiger partial charge on any atom is 0.227 e. The van der Waals surface area contributed by atoms with Gasteiger partial charge in [-0.15, -0.1) is 0 Å². The fourth-order valence-electron chi connectivity index (χ4n) is 2.09. The molecule has 4 nitrogen and oxygen atoms in total. The van der Waals surface area contributed by atoms with Crippen LogP contribution < -0.4 is 5.32 Å². The van der Waals surface area contributed by atoms with Gasteiger partial charge < -0.3 is 14.8 Å². The van der Waals surface area contributed by atoms with Gasteiger partial charge >= 0.3 is 0 Å². The number of aliphatic hydroxyl groups is 1. The molecule has 0 aliphatic heterocycles. The number of nitrogens with one attached hydrogen (secondary N) is 1. The number of fused-ring (bicyclic) bond motifs is 1. The number of aromatic nitrogens is 1. The summed E-state index contributed by atoms with van der Waals surface area (Å²) >= 11 is 0. The summed E-state index contributed by atoms with van der Waals surface area (Å²) in [5.41, 5.74) is 3.73. The van der Waals surface area contributed by atoms with Gasteiger partial charge in [0.2, 0.25) is 5.89 Å². The summed E-state index contributed by atoms with van der Waals surface area (Å²) in [5.74, 6) is 0.640. The minimum atomic E-state index is 0.142. The van der Waals surface area contributed by atoms with Crippen molar-refractivity contribution in [2.75, 3.05) is 13.2 Å². The molecular formula is C16H16N2O2. The van der Waals surface area contributed by atoms with Crippen molar-refractivity contribution < 1.29 is 9.52 Å². The molecule has 0 aliphatic carbocycles. The molecule has 0 spiro atoms. The van der Waals surface area contributed by atoms with Gasteiger partial charge in [0.05, 0.1) is 6.61 Å². The van der Waals surface area contributed by atoms with Crippen molar-refractivity contribution >= 4 is 11.1 Å². The summed E-state index contributed by atoms with van der Waals surface area (Å²) in [6.45, 7) is 1.43. The Morgan fingerprint density at radius 3 is 2.75 bits per heavy atom. The van der Waals surface area contributed by atoms with Gasteiger partial charge in [0.15, 0.2) is 5.58 Å². The number of hydrogen-bond donors (Lipinski definition) is 2. The maximum absolute atomic E-state index is 8.75. The van der Waals surface area contributed by atoms with E-state index in [1.165, 1.54) is 0 Å². The molecule has 20 heavy (non-hydrogen) atoms. The molecule has 0 amide bonds. The lowest BCUT2D eigenvalue weighted by Gasteiger charge is -2.01. The van der Waals surface area contributed by atoms with Crippen LogP contribution in [-0.4, -0.2) is 23.2 Å². The molecule has 102 valence electrons. The van der Waals surface area contributed by atoms with Crippen LogP contribution in [0, 0.1) is 0 Å². The average molecular weight is 268 g/mol. The lowest BCUT2D eigenvalue weighted by Crippen LogP contribution is -2.17. The van der Waals surface area contributed by atoms with Gasteiger partial charge in [0.25, 0.3) is 0 Å². The van der Waals surface area contributed by atoms with Crippen LogP contribution in [0.3, 0.4) is 0 Å². The molecule has 0 saturated heterocycles. The topological polar surface area (TPSA) is 58.3 Å². The van der Waals surface area contributed by atoms with Gasteiger partial charge in [-0.05, 0) is 29.8 Å². The van der Waals surface area contributed by atoms with E-state index in [1.807, 2.05) is 48.5 Å². The molecule has 1 heterocycles. The molecule has 0 saturated carbocycles. The minimum Gasteiger partial charge on any atom is -0.436 e. The highest BCUT2D eigenvalue weighted by molar-refractivity contribution is 5.76. The van der Waals surface area contributed by atoms with Crippen LogP contribution in [0.25, 0.3) is 22.6 Å². The predicted octanol–water partition coefficient (Wildman–Crippen LogP) is 2.58. The Kier molecular flexibility index (Phi) is 3.76. The normalized spacial score (nSPS) is 11.1. The van der Waals surface area contributed by atoms with Crippen molar-refractivity contribution in [3.8, 4) is 11.5 Å². The quantitative estimate of drug-likeness (QED) is 0.698. The van der Waals surface area contributed by atoms with Crippen molar-refractivity contribution in [2.24, 2.45) is 0 Å². The summed E-state index contributed by atoms with van der Waals surface area (Å²) in [6.07, 6.45) is 0. The second kappa shape index (κ2) is 5.86. The van der Waals surface area contributed by atoms with Crippen molar-refractivity contribution in [1.82, 2.24) is 10.3 Å². The molecule has 2 aromatic carbocycles. The average Bonchev–Trinajstić information content (AvgIpc) is 2.92. The first-order chi connectivity index (χ1) is 9.86. The van der Waals surface area contributed by atoms with Crippen LogP contribution in [-0.2, 0) is 6.54 Å². The molecule has 1 aromatic heterocycles. The molecule has 4 heteroatoms. The molecule has 0 aliphatic rings. The second-order valence-electron chi connectivity index (χ2n) is 4.59. The third kappa shape index (κ3) is 2.71. The first-order valence-corrected chi connectivity index (χ1v) is 6.63. The number of benzene rings is 2. The minimum absolute atomic E-state index is 0.142. The van der Waals surface area contributed by atoms with E-state index in [0.29, 0.717) is 19.0 Å². The summed E-state index contributed by atoms with van der Waals surface area (Å²) in [4.78, 5) is 4.49.